The van der Waals surface area contributed by atoms with E-state index < -0.39 is 0 Å². The smallest absolute Gasteiger partial charge is 0.291 e. The molecule has 0 saturated heterocycles. The van der Waals surface area contributed by atoms with Gasteiger partial charge in [-0.15, -0.1) is 0 Å². The highest BCUT2D eigenvalue weighted by molar-refractivity contribution is 9.10. The zero-order valence-corrected chi connectivity index (χ0v) is 14.7. The third-order valence-electron chi connectivity index (χ3n) is 3.13. The Morgan fingerprint density at radius 3 is 2.48 bits per heavy atom. The molecule has 0 spiro atoms. The van der Waals surface area contributed by atoms with Crippen LogP contribution in [0.2, 0.25) is 10.0 Å². The third-order valence-corrected chi connectivity index (χ3v) is 4.22. The lowest BCUT2D eigenvalue weighted by molar-refractivity contribution is 0.0997. The van der Waals surface area contributed by atoms with Crippen molar-refractivity contribution < 1.29 is 9.21 Å². The maximum atomic E-state index is 12.2. The van der Waals surface area contributed by atoms with Crippen LogP contribution in [0.1, 0.15) is 10.6 Å². The van der Waals surface area contributed by atoms with Crippen LogP contribution < -0.4 is 5.32 Å². The highest BCUT2D eigenvalue weighted by Gasteiger charge is 2.14. The van der Waals surface area contributed by atoms with E-state index in [0.717, 1.165) is 4.47 Å². The molecule has 23 heavy (non-hydrogen) atoms. The Kier molecular flexibility index (Phi) is 4.76. The second-order valence-electron chi connectivity index (χ2n) is 4.75. The summed E-state index contributed by atoms with van der Waals surface area (Å²) < 4.78 is 6.54. The van der Waals surface area contributed by atoms with Crippen molar-refractivity contribution in [2.75, 3.05) is 5.32 Å². The van der Waals surface area contributed by atoms with Gasteiger partial charge in [0.25, 0.3) is 5.91 Å². The molecule has 0 aliphatic carbocycles. The second-order valence-corrected chi connectivity index (χ2v) is 6.51. The largest absolute Gasteiger partial charge is 0.451 e. The van der Waals surface area contributed by atoms with Crippen LogP contribution >= 0.6 is 39.1 Å². The second kappa shape index (κ2) is 6.79. The molecule has 1 N–H and O–H groups in total. The van der Waals surface area contributed by atoms with Gasteiger partial charge in [-0.25, -0.2) is 0 Å². The molecule has 0 unspecified atom stereocenters. The zero-order valence-electron chi connectivity index (χ0n) is 11.6. The van der Waals surface area contributed by atoms with Gasteiger partial charge >= 0.3 is 0 Å². The number of benzene rings is 2. The predicted octanol–water partition coefficient (Wildman–Crippen LogP) is 6.27. The molecule has 2 aromatic carbocycles. The summed E-state index contributed by atoms with van der Waals surface area (Å²) in [5, 5.41) is 3.81. The number of amides is 1. The summed E-state index contributed by atoms with van der Waals surface area (Å²) in [4.78, 5) is 12.2. The summed E-state index contributed by atoms with van der Waals surface area (Å²) in [5.41, 5.74) is 1.32. The van der Waals surface area contributed by atoms with Crippen LogP contribution in [0.25, 0.3) is 11.3 Å². The highest BCUT2D eigenvalue weighted by atomic mass is 79.9. The Labute approximate surface area is 151 Å². The first-order valence-corrected chi connectivity index (χ1v) is 8.20. The number of hydrogen-bond donors (Lipinski definition) is 1. The molecule has 0 saturated carbocycles. The van der Waals surface area contributed by atoms with Crippen LogP contribution in [-0.4, -0.2) is 5.91 Å². The molecule has 1 heterocycles. The highest BCUT2D eigenvalue weighted by Crippen LogP contribution is 2.32. The van der Waals surface area contributed by atoms with Crippen molar-refractivity contribution in [3.63, 3.8) is 0 Å². The van der Waals surface area contributed by atoms with Crippen LogP contribution in [0.4, 0.5) is 5.69 Å². The van der Waals surface area contributed by atoms with E-state index in [1.54, 1.807) is 42.5 Å². The molecule has 6 heteroatoms. The van der Waals surface area contributed by atoms with E-state index in [2.05, 4.69) is 21.2 Å². The van der Waals surface area contributed by atoms with Gasteiger partial charge in [0.05, 0.1) is 5.02 Å². The molecule has 0 bridgehead atoms. The molecular weight excluding hydrogens is 401 g/mol. The van der Waals surface area contributed by atoms with Gasteiger partial charge in [-0.2, -0.15) is 0 Å². The van der Waals surface area contributed by atoms with Crippen LogP contribution in [0.15, 0.2) is 63.5 Å². The molecule has 3 nitrogen and oxygen atoms in total. The normalized spacial score (nSPS) is 10.6. The van der Waals surface area contributed by atoms with Gasteiger partial charge in [-0.3, -0.25) is 4.79 Å². The number of hydrogen-bond acceptors (Lipinski definition) is 2. The number of rotatable bonds is 3. The lowest BCUT2D eigenvalue weighted by Gasteiger charge is -2.04. The molecule has 0 aliphatic rings. The number of anilines is 1. The molecular formula is C17H10BrCl2NO2. The number of carbonyl (C=O) groups excluding carboxylic acids is 1. The van der Waals surface area contributed by atoms with Gasteiger partial charge in [0.1, 0.15) is 5.76 Å². The molecule has 116 valence electrons. The van der Waals surface area contributed by atoms with Gasteiger partial charge < -0.3 is 9.73 Å². The fourth-order valence-corrected chi connectivity index (χ4v) is 2.66. The average molecular weight is 411 g/mol. The Morgan fingerprint density at radius 1 is 1.00 bits per heavy atom. The summed E-state index contributed by atoms with van der Waals surface area (Å²) in [6.45, 7) is 0. The molecule has 0 fully saturated rings. The Hall–Kier alpha value is -1.75. The number of nitrogens with one attached hydrogen (secondary N) is 1. The summed E-state index contributed by atoms with van der Waals surface area (Å²) >= 11 is 15.5. The van der Waals surface area contributed by atoms with Crippen LogP contribution in [0.5, 0.6) is 0 Å². The van der Waals surface area contributed by atoms with Gasteiger partial charge in [0.2, 0.25) is 0 Å². The minimum atomic E-state index is -0.336. The average Bonchev–Trinajstić information content (AvgIpc) is 3.02. The van der Waals surface area contributed by atoms with Crippen LogP contribution in [0.3, 0.4) is 0 Å². The summed E-state index contributed by atoms with van der Waals surface area (Å²) in [6, 6.07) is 15.6. The Morgan fingerprint density at radius 2 is 1.74 bits per heavy atom. The van der Waals surface area contributed by atoms with E-state index in [4.69, 9.17) is 27.6 Å². The Bertz CT molecular complexity index is 859. The topological polar surface area (TPSA) is 42.2 Å². The van der Waals surface area contributed by atoms with Crippen molar-refractivity contribution in [1.82, 2.24) is 0 Å². The minimum absolute atomic E-state index is 0.193. The monoisotopic (exact) mass is 409 g/mol. The Balaban J connectivity index is 1.82. The molecule has 0 aliphatic heterocycles. The number of furan rings is 1. The van der Waals surface area contributed by atoms with Crippen molar-refractivity contribution in [3.8, 4) is 11.3 Å². The molecule has 3 rings (SSSR count). The fourth-order valence-electron chi connectivity index (χ4n) is 2.02. The van der Waals surface area contributed by atoms with Crippen molar-refractivity contribution in [2.24, 2.45) is 0 Å². The maximum Gasteiger partial charge on any atom is 0.291 e. The summed E-state index contributed by atoms with van der Waals surface area (Å²) in [7, 11) is 0. The lowest BCUT2D eigenvalue weighted by atomic mass is 10.2. The van der Waals surface area contributed by atoms with Crippen LogP contribution in [-0.2, 0) is 0 Å². The first-order valence-electron chi connectivity index (χ1n) is 6.65. The van der Waals surface area contributed by atoms with Crippen molar-refractivity contribution in [2.45, 2.75) is 0 Å². The van der Waals surface area contributed by atoms with Crippen molar-refractivity contribution in [3.05, 3.63) is 74.9 Å². The van der Waals surface area contributed by atoms with E-state index in [1.165, 1.54) is 0 Å². The number of halogens is 3. The molecule has 1 amide bonds. The predicted molar refractivity (Wildman–Crippen MR) is 96.3 cm³/mol. The van der Waals surface area contributed by atoms with Crippen molar-refractivity contribution >= 4 is 50.7 Å². The SMILES string of the molecule is O=C(Nc1ccc(Br)cc1)c1ccc(-c2cc(Cl)ccc2Cl)o1. The van der Waals surface area contributed by atoms with Gasteiger partial charge in [0.15, 0.2) is 5.76 Å². The quantitative estimate of drug-likeness (QED) is 0.552. The van der Waals surface area contributed by atoms with E-state index in [0.29, 0.717) is 27.1 Å². The van der Waals surface area contributed by atoms with Gasteiger partial charge in [-0.1, -0.05) is 39.1 Å². The first-order chi connectivity index (χ1) is 11.0. The zero-order chi connectivity index (χ0) is 16.4. The fraction of sp³-hybridized carbons (Fsp3) is 0. The molecule has 1 aromatic heterocycles. The summed E-state index contributed by atoms with van der Waals surface area (Å²) in [5.74, 6) is 0.342. The van der Waals surface area contributed by atoms with Gasteiger partial charge in [-0.05, 0) is 54.6 Å². The standard InChI is InChI=1S/C17H10BrCl2NO2/c18-10-1-4-12(5-2-10)21-17(22)16-8-7-15(23-16)13-9-11(19)3-6-14(13)20/h1-9H,(H,21,22). The molecule has 0 radical (unpaired) electrons. The summed E-state index contributed by atoms with van der Waals surface area (Å²) in [6.07, 6.45) is 0. The van der Waals surface area contributed by atoms with Crippen LogP contribution in [0, 0.1) is 0 Å². The minimum Gasteiger partial charge on any atom is -0.451 e. The molecule has 3 aromatic rings. The first kappa shape index (κ1) is 16.1. The van der Waals surface area contributed by atoms with E-state index in [9.17, 15) is 4.79 Å². The van der Waals surface area contributed by atoms with E-state index in [1.807, 2.05) is 12.1 Å². The van der Waals surface area contributed by atoms with Crippen molar-refractivity contribution in [1.29, 1.82) is 0 Å². The van der Waals surface area contributed by atoms with Gasteiger partial charge in [0, 0.05) is 20.7 Å². The number of carbonyl (C=O) groups is 1. The maximum absolute atomic E-state index is 12.2. The van der Waals surface area contributed by atoms with E-state index in [-0.39, 0.29) is 11.7 Å². The molecule has 0 atom stereocenters. The third kappa shape index (κ3) is 3.78. The van der Waals surface area contributed by atoms with E-state index >= 15 is 0 Å². The lowest BCUT2D eigenvalue weighted by Crippen LogP contribution is -2.10.